The van der Waals surface area contributed by atoms with Gasteiger partial charge in [0.05, 0.1) is 19.2 Å². The highest BCUT2D eigenvalue weighted by atomic mass is 16.3. The molecule has 0 aliphatic carbocycles. The van der Waals surface area contributed by atoms with Gasteiger partial charge in [-0.1, -0.05) is 5.92 Å². The molecule has 1 rings (SSSR count). The maximum atomic E-state index is 11.3. The van der Waals surface area contributed by atoms with Crippen molar-refractivity contribution in [1.29, 1.82) is 0 Å². The van der Waals surface area contributed by atoms with Crippen molar-refractivity contribution in [3.05, 3.63) is 0 Å². The van der Waals surface area contributed by atoms with Crippen LogP contribution in [0.15, 0.2) is 0 Å². The van der Waals surface area contributed by atoms with Crippen LogP contribution in [0.5, 0.6) is 0 Å². The number of carbonyl (C=O) groups excluding carboxylic acids is 1. The van der Waals surface area contributed by atoms with Gasteiger partial charge < -0.3 is 10.4 Å². The number of amides is 1. The normalized spacial score (nSPS) is 23.4. The van der Waals surface area contributed by atoms with E-state index in [0.717, 1.165) is 19.5 Å². The lowest BCUT2D eigenvalue weighted by atomic mass is 10.0. The van der Waals surface area contributed by atoms with Crippen LogP contribution in [-0.4, -0.2) is 48.2 Å². The molecule has 84 valence electrons. The molecule has 2 unspecified atom stereocenters. The molecule has 4 nitrogen and oxygen atoms in total. The first-order chi connectivity index (χ1) is 7.13. The fourth-order valence-electron chi connectivity index (χ4n) is 1.81. The first kappa shape index (κ1) is 12.0. The van der Waals surface area contributed by atoms with E-state index in [2.05, 4.69) is 11.2 Å². The van der Waals surface area contributed by atoms with Crippen molar-refractivity contribution in [2.75, 3.05) is 26.2 Å². The molecule has 0 aromatic heterocycles. The lowest BCUT2D eigenvalue weighted by Crippen LogP contribution is -2.36. The molecule has 1 amide bonds. The zero-order valence-electron chi connectivity index (χ0n) is 9.07. The summed E-state index contributed by atoms with van der Waals surface area (Å²) < 4.78 is 0. The smallest absolute Gasteiger partial charge is 0.234 e. The summed E-state index contributed by atoms with van der Waals surface area (Å²) in [5.74, 6) is 2.61. The van der Waals surface area contributed by atoms with E-state index in [1.807, 2.05) is 4.90 Å². The highest BCUT2D eigenvalue weighted by Crippen LogP contribution is 2.18. The largest absolute Gasteiger partial charge is 0.393 e. The topological polar surface area (TPSA) is 52.6 Å². The molecular formula is C11H18N2O2. The molecule has 2 atom stereocenters. The zero-order valence-corrected chi connectivity index (χ0v) is 9.07. The van der Waals surface area contributed by atoms with Crippen molar-refractivity contribution < 1.29 is 9.90 Å². The molecule has 0 bridgehead atoms. The van der Waals surface area contributed by atoms with Gasteiger partial charge in [0.25, 0.3) is 0 Å². The first-order valence-corrected chi connectivity index (χ1v) is 5.24. The molecule has 15 heavy (non-hydrogen) atoms. The second kappa shape index (κ2) is 5.74. The summed E-state index contributed by atoms with van der Waals surface area (Å²) in [6.07, 6.45) is 5.71. The van der Waals surface area contributed by atoms with Crippen molar-refractivity contribution in [2.45, 2.75) is 19.4 Å². The van der Waals surface area contributed by atoms with E-state index in [4.69, 9.17) is 6.42 Å². The number of likely N-dealkylation sites (tertiary alicyclic amines) is 1. The Morgan fingerprint density at radius 1 is 1.80 bits per heavy atom. The SMILES string of the molecule is C#CCNC(=O)CN1CCC(C(C)O)C1. The van der Waals surface area contributed by atoms with Crippen LogP contribution < -0.4 is 5.32 Å². The Balaban J connectivity index is 2.24. The molecule has 1 saturated heterocycles. The zero-order chi connectivity index (χ0) is 11.3. The van der Waals surface area contributed by atoms with Crippen molar-refractivity contribution >= 4 is 5.91 Å². The Bertz CT molecular complexity index is 258. The Labute approximate surface area is 90.6 Å². The lowest BCUT2D eigenvalue weighted by molar-refractivity contribution is -0.121. The van der Waals surface area contributed by atoms with Gasteiger partial charge in [-0.05, 0) is 25.8 Å². The molecule has 0 saturated carbocycles. The van der Waals surface area contributed by atoms with Gasteiger partial charge in [-0.2, -0.15) is 0 Å². The number of nitrogens with one attached hydrogen (secondary N) is 1. The second-order valence-corrected chi connectivity index (χ2v) is 4.01. The summed E-state index contributed by atoms with van der Waals surface area (Å²) in [4.78, 5) is 13.4. The molecule has 1 aliphatic heterocycles. The monoisotopic (exact) mass is 210 g/mol. The van der Waals surface area contributed by atoms with Gasteiger partial charge in [-0.15, -0.1) is 6.42 Å². The minimum absolute atomic E-state index is 0.0424. The maximum absolute atomic E-state index is 11.3. The van der Waals surface area contributed by atoms with E-state index < -0.39 is 0 Å². The van der Waals surface area contributed by atoms with Crippen LogP contribution in [0.25, 0.3) is 0 Å². The fraction of sp³-hybridized carbons (Fsp3) is 0.727. The Morgan fingerprint density at radius 2 is 2.53 bits per heavy atom. The summed E-state index contributed by atoms with van der Waals surface area (Å²) >= 11 is 0. The van der Waals surface area contributed by atoms with Crippen molar-refractivity contribution in [3.8, 4) is 12.3 Å². The standard InChI is InChI=1S/C11H18N2O2/c1-3-5-12-11(15)8-13-6-4-10(7-13)9(2)14/h1,9-10,14H,4-8H2,2H3,(H,12,15). The van der Waals surface area contributed by atoms with E-state index in [-0.39, 0.29) is 18.6 Å². The summed E-state index contributed by atoms with van der Waals surface area (Å²) in [6.45, 7) is 4.13. The van der Waals surface area contributed by atoms with Gasteiger partial charge in [0.1, 0.15) is 0 Å². The number of rotatable bonds is 4. The minimum Gasteiger partial charge on any atom is -0.393 e. The number of terminal acetylenes is 1. The minimum atomic E-state index is -0.288. The van der Waals surface area contributed by atoms with Crippen LogP contribution in [0, 0.1) is 18.3 Å². The van der Waals surface area contributed by atoms with Gasteiger partial charge >= 0.3 is 0 Å². The van der Waals surface area contributed by atoms with Crippen LogP contribution in [0.3, 0.4) is 0 Å². The third-order valence-corrected chi connectivity index (χ3v) is 2.75. The third kappa shape index (κ3) is 3.90. The summed E-state index contributed by atoms with van der Waals surface area (Å²) in [6, 6.07) is 0. The molecule has 1 aliphatic rings. The molecule has 0 aromatic carbocycles. The fourth-order valence-corrected chi connectivity index (χ4v) is 1.81. The van der Waals surface area contributed by atoms with E-state index in [1.165, 1.54) is 0 Å². The molecule has 1 heterocycles. The highest BCUT2D eigenvalue weighted by Gasteiger charge is 2.26. The Hall–Kier alpha value is -1.05. The second-order valence-electron chi connectivity index (χ2n) is 4.01. The predicted octanol–water partition coefficient (Wildman–Crippen LogP) is -0.561. The number of aliphatic hydroxyl groups excluding tert-OH is 1. The molecule has 0 radical (unpaired) electrons. The predicted molar refractivity (Wildman–Crippen MR) is 58.1 cm³/mol. The number of carbonyl (C=O) groups is 1. The van der Waals surface area contributed by atoms with Crippen LogP contribution >= 0.6 is 0 Å². The van der Waals surface area contributed by atoms with Crippen LogP contribution in [-0.2, 0) is 4.79 Å². The van der Waals surface area contributed by atoms with E-state index in [0.29, 0.717) is 12.5 Å². The van der Waals surface area contributed by atoms with Crippen LogP contribution in [0.4, 0.5) is 0 Å². The number of nitrogens with zero attached hydrogens (tertiary/aromatic N) is 1. The number of hydrogen-bond acceptors (Lipinski definition) is 3. The molecular weight excluding hydrogens is 192 g/mol. The summed E-state index contributed by atoms with van der Waals surface area (Å²) in [5.41, 5.74) is 0. The van der Waals surface area contributed by atoms with Gasteiger partial charge in [-0.25, -0.2) is 0 Å². The molecule has 1 fully saturated rings. The van der Waals surface area contributed by atoms with Gasteiger partial charge in [0, 0.05) is 6.54 Å². The molecule has 4 heteroatoms. The van der Waals surface area contributed by atoms with E-state index in [9.17, 15) is 9.90 Å². The third-order valence-electron chi connectivity index (χ3n) is 2.75. The number of hydrogen-bond donors (Lipinski definition) is 2. The van der Waals surface area contributed by atoms with Gasteiger partial charge in [0.2, 0.25) is 5.91 Å². The van der Waals surface area contributed by atoms with Gasteiger partial charge in [0.15, 0.2) is 0 Å². The van der Waals surface area contributed by atoms with Crippen molar-refractivity contribution in [1.82, 2.24) is 10.2 Å². The average Bonchev–Trinajstić information content (AvgIpc) is 2.63. The summed E-state index contributed by atoms with van der Waals surface area (Å²) in [7, 11) is 0. The lowest BCUT2D eigenvalue weighted by Gasteiger charge is -2.16. The highest BCUT2D eigenvalue weighted by molar-refractivity contribution is 5.78. The Kier molecular flexibility index (Phi) is 4.60. The molecule has 0 aromatic rings. The van der Waals surface area contributed by atoms with Crippen LogP contribution in [0.2, 0.25) is 0 Å². The Morgan fingerprint density at radius 3 is 3.07 bits per heavy atom. The quantitative estimate of drug-likeness (QED) is 0.612. The average molecular weight is 210 g/mol. The van der Waals surface area contributed by atoms with Crippen LogP contribution in [0.1, 0.15) is 13.3 Å². The molecule has 0 spiro atoms. The maximum Gasteiger partial charge on any atom is 0.234 e. The summed E-state index contributed by atoms with van der Waals surface area (Å²) in [5, 5.41) is 12.0. The first-order valence-electron chi connectivity index (χ1n) is 5.24. The van der Waals surface area contributed by atoms with Crippen molar-refractivity contribution in [2.24, 2.45) is 5.92 Å². The van der Waals surface area contributed by atoms with E-state index in [1.54, 1.807) is 6.92 Å². The van der Waals surface area contributed by atoms with E-state index >= 15 is 0 Å². The molecule has 2 N–H and O–H groups in total. The number of aliphatic hydroxyl groups is 1. The van der Waals surface area contributed by atoms with Crippen molar-refractivity contribution in [3.63, 3.8) is 0 Å². The van der Waals surface area contributed by atoms with Gasteiger partial charge in [-0.3, -0.25) is 9.69 Å².